The Morgan fingerprint density at radius 3 is 2.95 bits per heavy atom. The number of hydrogen-bond donors (Lipinski definition) is 1. The van der Waals surface area contributed by atoms with Gasteiger partial charge in [-0.25, -0.2) is 4.79 Å². The first kappa shape index (κ1) is 13.7. The molecule has 1 aliphatic heterocycles. The zero-order valence-corrected chi connectivity index (χ0v) is 10.9. The maximum atomic E-state index is 11.7. The Morgan fingerprint density at radius 1 is 1.42 bits per heavy atom. The van der Waals surface area contributed by atoms with E-state index in [1.54, 1.807) is 18.2 Å². The molecule has 1 saturated heterocycles. The van der Waals surface area contributed by atoms with Gasteiger partial charge in [-0.2, -0.15) is 0 Å². The van der Waals surface area contributed by atoms with Gasteiger partial charge in [-0.05, 0) is 11.6 Å². The normalized spacial score (nSPS) is 20.6. The molecule has 5 heteroatoms. The molecular weight excluding hydrogens is 244 g/mol. The van der Waals surface area contributed by atoms with Gasteiger partial charge < -0.3 is 14.9 Å². The summed E-state index contributed by atoms with van der Waals surface area (Å²) in [4.78, 5) is 17.0. The molecule has 0 saturated carbocycles. The predicted molar refractivity (Wildman–Crippen MR) is 71.9 cm³/mol. The van der Waals surface area contributed by atoms with E-state index in [1.165, 1.54) is 6.08 Å². The molecule has 102 valence electrons. The number of nitrogens with zero attached hydrogens (tertiary/aromatic N) is 1. The summed E-state index contributed by atoms with van der Waals surface area (Å²) in [5.74, 6) is -0.396. The zero-order chi connectivity index (χ0) is 13.5. The highest BCUT2D eigenvalue weighted by atomic mass is 16.7. The molecule has 1 heterocycles. The number of piperazine rings is 1. The van der Waals surface area contributed by atoms with Crippen LogP contribution in [0.1, 0.15) is 5.56 Å². The second kappa shape index (κ2) is 7.04. The Labute approximate surface area is 112 Å². The molecule has 0 radical (unpaired) electrons. The fraction of sp³-hybridized carbons (Fsp3) is 0.357. The van der Waals surface area contributed by atoms with Gasteiger partial charge in [-0.1, -0.05) is 30.3 Å². The molecule has 1 aromatic rings. The van der Waals surface area contributed by atoms with Crippen LogP contribution in [0.3, 0.4) is 0 Å². The second-order valence-corrected chi connectivity index (χ2v) is 4.19. The Bertz CT molecular complexity index is 434. The fourth-order valence-corrected chi connectivity index (χ4v) is 1.84. The van der Waals surface area contributed by atoms with Crippen LogP contribution in [0, 0.1) is 0 Å². The Morgan fingerprint density at radius 2 is 2.21 bits per heavy atom. The predicted octanol–water partition coefficient (Wildman–Crippen LogP) is 1.04. The molecule has 1 atom stereocenters. The average Bonchev–Trinajstić information content (AvgIpc) is 2.47. The second-order valence-electron chi connectivity index (χ2n) is 4.19. The van der Waals surface area contributed by atoms with Gasteiger partial charge in [0.1, 0.15) is 0 Å². The van der Waals surface area contributed by atoms with Crippen LogP contribution < -0.4 is 5.32 Å². The SMILES string of the molecule is COC1CNCCN1OC(=O)/C=C/c1ccccc1. The summed E-state index contributed by atoms with van der Waals surface area (Å²) in [6.07, 6.45) is 2.92. The molecule has 1 fully saturated rings. The largest absolute Gasteiger partial charge is 0.362 e. The first-order valence-electron chi connectivity index (χ1n) is 6.25. The van der Waals surface area contributed by atoms with Crippen LogP contribution in [0.25, 0.3) is 6.08 Å². The molecule has 2 rings (SSSR count). The summed E-state index contributed by atoms with van der Waals surface area (Å²) in [7, 11) is 1.60. The maximum Gasteiger partial charge on any atom is 0.349 e. The molecule has 0 bridgehead atoms. The van der Waals surface area contributed by atoms with E-state index in [9.17, 15) is 4.79 Å². The molecule has 0 aromatic heterocycles. The molecule has 1 N–H and O–H groups in total. The van der Waals surface area contributed by atoms with Crippen LogP contribution in [0.2, 0.25) is 0 Å². The fourth-order valence-electron chi connectivity index (χ4n) is 1.84. The van der Waals surface area contributed by atoms with E-state index in [1.807, 2.05) is 30.3 Å². The van der Waals surface area contributed by atoms with E-state index in [2.05, 4.69) is 5.32 Å². The molecule has 19 heavy (non-hydrogen) atoms. The van der Waals surface area contributed by atoms with Gasteiger partial charge in [0.25, 0.3) is 0 Å². The molecule has 5 nitrogen and oxygen atoms in total. The van der Waals surface area contributed by atoms with Gasteiger partial charge in [0.2, 0.25) is 0 Å². The highest BCUT2D eigenvalue weighted by Gasteiger charge is 2.24. The topological polar surface area (TPSA) is 50.8 Å². The van der Waals surface area contributed by atoms with E-state index in [-0.39, 0.29) is 6.23 Å². The van der Waals surface area contributed by atoms with E-state index in [4.69, 9.17) is 9.57 Å². The lowest BCUT2D eigenvalue weighted by atomic mass is 10.2. The van der Waals surface area contributed by atoms with Crippen LogP contribution in [-0.2, 0) is 14.4 Å². The minimum atomic E-state index is -0.396. The number of nitrogens with one attached hydrogen (secondary N) is 1. The third kappa shape index (κ3) is 4.17. The highest BCUT2D eigenvalue weighted by Crippen LogP contribution is 2.06. The third-order valence-corrected chi connectivity index (χ3v) is 2.84. The smallest absolute Gasteiger partial charge is 0.349 e. The lowest BCUT2D eigenvalue weighted by Crippen LogP contribution is -2.52. The summed E-state index contributed by atoms with van der Waals surface area (Å²) in [5, 5.41) is 4.73. The van der Waals surface area contributed by atoms with Crippen LogP contribution in [0.4, 0.5) is 0 Å². The molecule has 1 aliphatic rings. The third-order valence-electron chi connectivity index (χ3n) is 2.84. The van der Waals surface area contributed by atoms with Gasteiger partial charge in [0.05, 0.1) is 6.54 Å². The van der Waals surface area contributed by atoms with Crippen molar-refractivity contribution in [3.8, 4) is 0 Å². The van der Waals surface area contributed by atoms with Crippen LogP contribution in [0.5, 0.6) is 0 Å². The summed E-state index contributed by atoms with van der Waals surface area (Å²) >= 11 is 0. The number of methoxy groups -OCH3 is 1. The molecule has 1 aromatic carbocycles. The number of hydroxylamine groups is 2. The first-order valence-corrected chi connectivity index (χ1v) is 6.25. The van der Waals surface area contributed by atoms with Crippen molar-refractivity contribution in [1.29, 1.82) is 0 Å². The van der Waals surface area contributed by atoms with Gasteiger partial charge in [0.15, 0.2) is 6.23 Å². The number of carbonyl (C=O) groups is 1. The van der Waals surface area contributed by atoms with Crippen LogP contribution in [0.15, 0.2) is 36.4 Å². The van der Waals surface area contributed by atoms with E-state index in [0.717, 1.165) is 12.1 Å². The number of ether oxygens (including phenoxy) is 1. The first-order chi connectivity index (χ1) is 9.29. The summed E-state index contributed by atoms with van der Waals surface area (Å²) in [5.41, 5.74) is 0.961. The minimum absolute atomic E-state index is 0.233. The summed E-state index contributed by atoms with van der Waals surface area (Å²) in [6.45, 7) is 2.03. The van der Waals surface area contributed by atoms with E-state index in [0.29, 0.717) is 13.1 Å². The molecule has 1 unspecified atom stereocenters. The molecule has 0 aliphatic carbocycles. The van der Waals surface area contributed by atoms with Crippen molar-refractivity contribution in [2.24, 2.45) is 0 Å². The summed E-state index contributed by atoms with van der Waals surface area (Å²) in [6, 6.07) is 9.61. The Kier molecular flexibility index (Phi) is 5.09. The molecular formula is C14H18N2O3. The maximum absolute atomic E-state index is 11.7. The number of benzene rings is 1. The number of hydrogen-bond acceptors (Lipinski definition) is 5. The van der Waals surface area contributed by atoms with Gasteiger partial charge >= 0.3 is 5.97 Å². The molecule has 0 amide bonds. The van der Waals surface area contributed by atoms with E-state index >= 15 is 0 Å². The Hall–Kier alpha value is -1.69. The highest BCUT2D eigenvalue weighted by molar-refractivity contribution is 5.86. The zero-order valence-electron chi connectivity index (χ0n) is 10.9. The van der Waals surface area contributed by atoms with Crippen molar-refractivity contribution in [3.05, 3.63) is 42.0 Å². The van der Waals surface area contributed by atoms with Crippen molar-refractivity contribution in [1.82, 2.24) is 10.4 Å². The van der Waals surface area contributed by atoms with Gasteiger partial charge in [-0.3, -0.25) is 0 Å². The number of carbonyl (C=O) groups excluding carboxylic acids is 1. The van der Waals surface area contributed by atoms with Gasteiger partial charge in [0, 0.05) is 26.3 Å². The van der Waals surface area contributed by atoms with E-state index < -0.39 is 5.97 Å². The van der Waals surface area contributed by atoms with Crippen molar-refractivity contribution < 1.29 is 14.4 Å². The van der Waals surface area contributed by atoms with Crippen molar-refractivity contribution in [3.63, 3.8) is 0 Å². The minimum Gasteiger partial charge on any atom is -0.362 e. The average molecular weight is 262 g/mol. The van der Waals surface area contributed by atoms with Gasteiger partial charge in [-0.15, -0.1) is 5.06 Å². The standard InChI is InChI=1S/C14H18N2O3/c1-18-13-11-15-9-10-16(13)19-14(17)8-7-12-5-3-2-4-6-12/h2-8,13,15H,9-11H2,1H3/b8-7+. The molecule has 0 spiro atoms. The number of rotatable bonds is 4. The van der Waals surface area contributed by atoms with Crippen molar-refractivity contribution >= 4 is 12.0 Å². The quantitative estimate of drug-likeness (QED) is 0.822. The lowest BCUT2D eigenvalue weighted by Gasteiger charge is -2.32. The van der Waals surface area contributed by atoms with Crippen molar-refractivity contribution in [2.75, 3.05) is 26.7 Å². The van der Waals surface area contributed by atoms with Crippen LogP contribution >= 0.6 is 0 Å². The van der Waals surface area contributed by atoms with Crippen molar-refractivity contribution in [2.45, 2.75) is 6.23 Å². The summed E-state index contributed by atoms with van der Waals surface area (Å²) < 4.78 is 5.23. The lowest BCUT2D eigenvalue weighted by molar-refractivity contribution is -0.239. The van der Waals surface area contributed by atoms with Crippen LogP contribution in [-0.4, -0.2) is 44.0 Å². The Balaban J connectivity index is 1.88. The monoisotopic (exact) mass is 262 g/mol.